The molecule has 0 amide bonds. The maximum absolute atomic E-state index is 12.8. The Balaban J connectivity index is 1.74. The third-order valence-corrected chi connectivity index (χ3v) is 5.57. The molecule has 1 fully saturated rings. The van der Waals surface area contributed by atoms with Crippen molar-refractivity contribution in [2.45, 2.75) is 51.9 Å². The van der Waals surface area contributed by atoms with Crippen LogP contribution in [-0.4, -0.2) is 16.9 Å². The van der Waals surface area contributed by atoms with Gasteiger partial charge in [-0.25, -0.2) is 0 Å². The molecular weight excluding hydrogens is 324 g/mol. The lowest BCUT2D eigenvalue weighted by Crippen LogP contribution is -2.30. The second-order valence-corrected chi connectivity index (χ2v) is 7.67. The first-order chi connectivity index (χ1) is 12.5. The lowest BCUT2D eigenvalue weighted by molar-refractivity contribution is -0.140. The van der Waals surface area contributed by atoms with Gasteiger partial charge in [0.1, 0.15) is 0 Å². The van der Waals surface area contributed by atoms with E-state index in [2.05, 4.69) is 31.2 Å². The van der Waals surface area contributed by atoms with E-state index in [0.29, 0.717) is 12.0 Å². The highest BCUT2D eigenvalue weighted by Gasteiger charge is 2.36. The summed E-state index contributed by atoms with van der Waals surface area (Å²) < 4.78 is 0. The Hall–Kier alpha value is -2.42. The Labute approximate surface area is 155 Å². The van der Waals surface area contributed by atoms with Crippen LogP contribution in [0.1, 0.15) is 60.9 Å². The summed E-state index contributed by atoms with van der Waals surface area (Å²) in [5.74, 6) is -0.738. The van der Waals surface area contributed by atoms with Crippen LogP contribution in [-0.2, 0) is 4.79 Å². The fraction of sp³-hybridized carbons (Fsp3) is 0.391. The van der Waals surface area contributed by atoms with Crippen LogP contribution in [0.25, 0.3) is 11.1 Å². The van der Waals surface area contributed by atoms with Gasteiger partial charge < -0.3 is 5.11 Å². The van der Waals surface area contributed by atoms with E-state index in [4.69, 9.17) is 0 Å². The summed E-state index contributed by atoms with van der Waals surface area (Å²) in [5, 5.41) is 9.29. The van der Waals surface area contributed by atoms with Crippen molar-refractivity contribution < 1.29 is 14.7 Å². The van der Waals surface area contributed by atoms with Crippen molar-refractivity contribution in [3.63, 3.8) is 0 Å². The summed E-state index contributed by atoms with van der Waals surface area (Å²) >= 11 is 0. The SMILES string of the molecule is Cc1ccc(-c2ccc(C(=O)CC3(CC(=O)O)CCCCC3)cc2)cc1. The van der Waals surface area contributed by atoms with E-state index in [9.17, 15) is 14.7 Å². The molecule has 3 heteroatoms. The van der Waals surface area contributed by atoms with Gasteiger partial charge in [-0.3, -0.25) is 9.59 Å². The molecule has 0 heterocycles. The monoisotopic (exact) mass is 350 g/mol. The molecule has 1 N–H and O–H groups in total. The van der Waals surface area contributed by atoms with Crippen LogP contribution in [0, 0.1) is 12.3 Å². The van der Waals surface area contributed by atoms with Gasteiger partial charge in [-0.1, -0.05) is 73.4 Å². The molecule has 1 saturated carbocycles. The van der Waals surface area contributed by atoms with Crippen LogP contribution >= 0.6 is 0 Å². The molecule has 1 aliphatic carbocycles. The normalized spacial score (nSPS) is 16.2. The van der Waals surface area contributed by atoms with E-state index in [0.717, 1.165) is 43.2 Å². The van der Waals surface area contributed by atoms with Crippen LogP contribution in [0.15, 0.2) is 48.5 Å². The van der Waals surface area contributed by atoms with Gasteiger partial charge in [0.2, 0.25) is 0 Å². The van der Waals surface area contributed by atoms with Crippen molar-refractivity contribution in [3.8, 4) is 11.1 Å². The molecule has 2 aromatic rings. The molecule has 0 atom stereocenters. The third kappa shape index (κ3) is 4.40. The minimum absolute atomic E-state index is 0.0589. The van der Waals surface area contributed by atoms with Crippen molar-refractivity contribution in [1.82, 2.24) is 0 Å². The highest BCUT2D eigenvalue weighted by Crippen LogP contribution is 2.43. The maximum Gasteiger partial charge on any atom is 0.303 e. The van der Waals surface area contributed by atoms with Gasteiger partial charge >= 0.3 is 5.97 Å². The largest absolute Gasteiger partial charge is 0.481 e. The number of rotatable bonds is 6. The number of Topliss-reactive ketones (excluding diaryl/α,β-unsaturated/α-hetero) is 1. The molecule has 26 heavy (non-hydrogen) atoms. The van der Waals surface area contributed by atoms with Crippen molar-refractivity contribution in [3.05, 3.63) is 59.7 Å². The van der Waals surface area contributed by atoms with Crippen LogP contribution in [0.2, 0.25) is 0 Å². The highest BCUT2D eigenvalue weighted by atomic mass is 16.4. The summed E-state index contributed by atoms with van der Waals surface area (Å²) in [6, 6.07) is 16.0. The molecule has 0 aliphatic heterocycles. The van der Waals surface area contributed by atoms with Crippen LogP contribution in [0.3, 0.4) is 0 Å². The number of carboxylic acids is 1. The van der Waals surface area contributed by atoms with Crippen LogP contribution in [0.4, 0.5) is 0 Å². The number of carbonyl (C=O) groups is 2. The average molecular weight is 350 g/mol. The van der Waals surface area contributed by atoms with E-state index in [1.54, 1.807) is 0 Å². The first-order valence-corrected chi connectivity index (χ1v) is 9.40. The average Bonchev–Trinajstić information content (AvgIpc) is 2.62. The van der Waals surface area contributed by atoms with Gasteiger partial charge in [-0.05, 0) is 36.3 Å². The minimum atomic E-state index is -0.797. The Morgan fingerprint density at radius 3 is 1.92 bits per heavy atom. The Morgan fingerprint density at radius 1 is 0.846 bits per heavy atom. The fourth-order valence-electron chi connectivity index (χ4n) is 4.08. The lowest BCUT2D eigenvalue weighted by Gasteiger charge is -2.35. The van der Waals surface area contributed by atoms with Crippen molar-refractivity contribution in [2.75, 3.05) is 0 Å². The van der Waals surface area contributed by atoms with Gasteiger partial charge in [-0.15, -0.1) is 0 Å². The van der Waals surface area contributed by atoms with Crippen LogP contribution in [0.5, 0.6) is 0 Å². The number of aryl methyl sites for hydroxylation is 1. The van der Waals surface area contributed by atoms with Crippen molar-refractivity contribution in [2.24, 2.45) is 5.41 Å². The first kappa shape index (κ1) is 18.4. The molecule has 1 aliphatic rings. The Bertz CT molecular complexity index is 766. The van der Waals surface area contributed by atoms with E-state index in [1.807, 2.05) is 24.3 Å². The molecule has 0 aromatic heterocycles. The number of carbonyl (C=O) groups excluding carboxylic acids is 1. The lowest BCUT2D eigenvalue weighted by atomic mass is 9.68. The van der Waals surface area contributed by atoms with Gasteiger partial charge in [-0.2, -0.15) is 0 Å². The zero-order valence-electron chi connectivity index (χ0n) is 15.3. The predicted molar refractivity (Wildman–Crippen MR) is 103 cm³/mol. The molecule has 0 radical (unpaired) electrons. The number of aliphatic carboxylic acids is 1. The molecule has 2 aromatic carbocycles. The second kappa shape index (κ2) is 7.86. The van der Waals surface area contributed by atoms with E-state index >= 15 is 0 Å². The first-order valence-electron chi connectivity index (χ1n) is 9.40. The summed E-state index contributed by atoms with van der Waals surface area (Å²) in [4.78, 5) is 24.1. The summed E-state index contributed by atoms with van der Waals surface area (Å²) in [7, 11) is 0. The molecule has 0 bridgehead atoms. The summed E-state index contributed by atoms with van der Waals surface area (Å²) in [5.41, 5.74) is 3.74. The fourth-order valence-corrected chi connectivity index (χ4v) is 4.08. The molecule has 3 rings (SSSR count). The maximum atomic E-state index is 12.8. The molecule has 3 nitrogen and oxygen atoms in total. The standard InChI is InChI=1S/C23H26O3/c1-17-5-7-18(8-6-17)19-9-11-20(12-10-19)21(24)15-23(16-22(25)26)13-3-2-4-14-23/h5-12H,2-4,13-16H2,1H3,(H,25,26). The number of hydrogen-bond acceptors (Lipinski definition) is 2. The minimum Gasteiger partial charge on any atom is -0.481 e. The van der Waals surface area contributed by atoms with Crippen LogP contribution < -0.4 is 0 Å². The summed E-state index contributed by atoms with van der Waals surface area (Å²) in [6.07, 6.45) is 5.29. The molecule has 0 saturated heterocycles. The van der Waals surface area contributed by atoms with E-state index < -0.39 is 5.97 Å². The topological polar surface area (TPSA) is 54.4 Å². The number of carboxylic acid groups (broad SMARTS) is 1. The molecule has 0 unspecified atom stereocenters. The van der Waals surface area contributed by atoms with Gasteiger partial charge in [0.15, 0.2) is 5.78 Å². The number of hydrogen-bond donors (Lipinski definition) is 1. The second-order valence-electron chi connectivity index (χ2n) is 7.67. The van der Waals surface area contributed by atoms with Gasteiger partial charge in [0, 0.05) is 12.0 Å². The molecule has 136 valence electrons. The Kier molecular flexibility index (Phi) is 5.55. The predicted octanol–water partition coefficient (Wildman–Crippen LogP) is 5.66. The molecule has 0 spiro atoms. The zero-order chi connectivity index (χ0) is 18.6. The number of benzene rings is 2. The van der Waals surface area contributed by atoms with Crippen molar-refractivity contribution >= 4 is 11.8 Å². The third-order valence-electron chi connectivity index (χ3n) is 5.57. The van der Waals surface area contributed by atoms with Gasteiger partial charge in [0.05, 0.1) is 6.42 Å². The smallest absolute Gasteiger partial charge is 0.303 e. The summed E-state index contributed by atoms with van der Waals surface area (Å²) in [6.45, 7) is 2.06. The van der Waals surface area contributed by atoms with E-state index in [1.165, 1.54) is 5.56 Å². The quantitative estimate of drug-likeness (QED) is 0.684. The number of ketones is 1. The van der Waals surface area contributed by atoms with Crippen molar-refractivity contribution in [1.29, 1.82) is 0 Å². The Morgan fingerprint density at radius 2 is 1.38 bits per heavy atom. The molecular formula is C23H26O3. The highest BCUT2D eigenvalue weighted by molar-refractivity contribution is 5.97. The van der Waals surface area contributed by atoms with E-state index in [-0.39, 0.29) is 17.6 Å². The zero-order valence-corrected chi connectivity index (χ0v) is 15.3. The van der Waals surface area contributed by atoms with Gasteiger partial charge in [0.25, 0.3) is 0 Å².